The smallest absolute Gasteiger partial charge is 0.240 e. The molecule has 0 aliphatic rings. The van der Waals surface area contributed by atoms with Crippen LogP contribution in [0.5, 0.6) is 17.4 Å². The maximum atomic E-state index is 12.5. The molecular weight excluding hydrogens is 446 g/mol. The van der Waals surface area contributed by atoms with Gasteiger partial charge < -0.3 is 14.2 Å². The quantitative estimate of drug-likeness (QED) is 0.372. The summed E-state index contributed by atoms with van der Waals surface area (Å²) in [6.07, 6.45) is 0. The number of fused-ring (bicyclic) bond motifs is 1. The van der Waals surface area contributed by atoms with Crippen LogP contribution >= 0.6 is 0 Å². The number of nitrogens with zero attached hydrogens (tertiary/aromatic N) is 4. The zero-order valence-corrected chi connectivity index (χ0v) is 19.2. The fourth-order valence-corrected chi connectivity index (χ4v) is 4.38. The number of aryl methyl sites for hydroxylation is 1. The lowest BCUT2D eigenvalue weighted by Crippen LogP contribution is -2.28. The Labute approximate surface area is 191 Å². The van der Waals surface area contributed by atoms with E-state index in [1.54, 1.807) is 42.8 Å². The number of hydrogen-bond donors (Lipinski definition) is 1. The van der Waals surface area contributed by atoms with Crippen LogP contribution in [0, 0.1) is 6.92 Å². The van der Waals surface area contributed by atoms with Crippen molar-refractivity contribution < 1.29 is 22.6 Å². The molecular formula is C22H23N5O5S. The van der Waals surface area contributed by atoms with Gasteiger partial charge in [-0.2, -0.15) is 4.52 Å². The first kappa shape index (κ1) is 22.5. The van der Waals surface area contributed by atoms with Gasteiger partial charge in [0, 0.05) is 12.6 Å². The summed E-state index contributed by atoms with van der Waals surface area (Å²) in [6.45, 7) is 1.93. The molecule has 0 aliphatic heterocycles. The van der Waals surface area contributed by atoms with E-state index in [0.717, 1.165) is 11.1 Å². The summed E-state index contributed by atoms with van der Waals surface area (Å²) >= 11 is 0. The van der Waals surface area contributed by atoms with Crippen LogP contribution in [0.15, 0.2) is 59.5 Å². The first-order valence-corrected chi connectivity index (χ1v) is 11.5. The number of sulfonamides is 1. The molecule has 0 radical (unpaired) electrons. The molecule has 10 nitrogen and oxygen atoms in total. The van der Waals surface area contributed by atoms with Gasteiger partial charge >= 0.3 is 0 Å². The van der Waals surface area contributed by atoms with Gasteiger partial charge in [-0.25, -0.2) is 13.1 Å². The number of rotatable bonds is 9. The van der Waals surface area contributed by atoms with Crippen LogP contribution in [0.25, 0.3) is 17.0 Å². The Bertz CT molecular complexity index is 1390. The van der Waals surface area contributed by atoms with Gasteiger partial charge in [-0.3, -0.25) is 0 Å². The Hall–Kier alpha value is -3.70. The van der Waals surface area contributed by atoms with E-state index in [1.807, 2.05) is 24.3 Å². The Morgan fingerprint density at radius 1 is 0.970 bits per heavy atom. The van der Waals surface area contributed by atoms with Crippen molar-refractivity contribution in [2.24, 2.45) is 0 Å². The number of nitrogens with one attached hydrogen (secondary N) is 1. The first-order chi connectivity index (χ1) is 15.9. The number of para-hydroxylation sites is 1. The topological polar surface area (TPSA) is 117 Å². The van der Waals surface area contributed by atoms with Crippen molar-refractivity contribution in [3.8, 4) is 28.8 Å². The van der Waals surface area contributed by atoms with Gasteiger partial charge in [0.25, 0.3) is 0 Å². The van der Waals surface area contributed by atoms with Crippen molar-refractivity contribution in [2.45, 2.75) is 11.8 Å². The summed E-state index contributed by atoms with van der Waals surface area (Å²) in [7, 11) is -0.563. The van der Waals surface area contributed by atoms with Crippen molar-refractivity contribution in [3.05, 3.63) is 60.2 Å². The summed E-state index contributed by atoms with van der Waals surface area (Å²) in [4.78, 5) is 0.159. The molecule has 0 spiro atoms. The van der Waals surface area contributed by atoms with Crippen molar-refractivity contribution in [1.82, 2.24) is 24.5 Å². The second kappa shape index (κ2) is 9.43. The molecule has 0 saturated heterocycles. The largest absolute Gasteiger partial charge is 0.496 e. The second-order valence-corrected chi connectivity index (χ2v) is 8.81. The monoisotopic (exact) mass is 469 g/mol. The molecule has 0 unspecified atom stereocenters. The third kappa shape index (κ3) is 4.73. The molecule has 2 heterocycles. The third-order valence-electron chi connectivity index (χ3n) is 4.91. The normalized spacial score (nSPS) is 11.5. The fourth-order valence-electron chi connectivity index (χ4n) is 3.28. The highest BCUT2D eigenvalue weighted by Crippen LogP contribution is 2.28. The molecule has 4 aromatic rings. The Morgan fingerprint density at radius 3 is 2.52 bits per heavy atom. The Morgan fingerprint density at radius 2 is 1.76 bits per heavy atom. The summed E-state index contributed by atoms with van der Waals surface area (Å²) in [5.41, 5.74) is 2.01. The lowest BCUT2D eigenvalue weighted by Gasteiger charge is -2.10. The highest BCUT2D eigenvalue weighted by atomic mass is 32.2. The summed E-state index contributed by atoms with van der Waals surface area (Å²) < 4.78 is 45.4. The average Bonchev–Trinajstić information content (AvgIpc) is 3.25. The Kier molecular flexibility index (Phi) is 6.43. The third-order valence-corrected chi connectivity index (χ3v) is 6.37. The molecule has 1 N–H and O–H groups in total. The molecule has 0 bridgehead atoms. The van der Waals surface area contributed by atoms with E-state index in [4.69, 9.17) is 14.2 Å². The molecule has 0 amide bonds. The van der Waals surface area contributed by atoms with E-state index in [9.17, 15) is 8.42 Å². The van der Waals surface area contributed by atoms with Gasteiger partial charge in [0.1, 0.15) is 18.1 Å². The highest BCUT2D eigenvalue weighted by Gasteiger charge is 2.16. The van der Waals surface area contributed by atoms with Gasteiger partial charge in [0.15, 0.2) is 11.5 Å². The lowest BCUT2D eigenvalue weighted by atomic mass is 10.2. The van der Waals surface area contributed by atoms with Crippen LogP contribution in [0.3, 0.4) is 0 Å². The second-order valence-electron chi connectivity index (χ2n) is 7.04. The maximum absolute atomic E-state index is 12.5. The van der Waals surface area contributed by atoms with Crippen LogP contribution in [0.1, 0.15) is 5.56 Å². The molecule has 0 aliphatic carbocycles. The minimum Gasteiger partial charge on any atom is -0.496 e. The van der Waals surface area contributed by atoms with Crippen molar-refractivity contribution in [2.75, 3.05) is 27.4 Å². The predicted molar refractivity (Wildman–Crippen MR) is 121 cm³/mol. The van der Waals surface area contributed by atoms with E-state index in [0.29, 0.717) is 28.9 Å². The summed E-state index contributed by atoms with van der Waals surface area (Å²) in [6, 6.07) is 15.5. The highest BCUT2D eigenvalue weighted by molar-refractivity contribution is 7.89. The van der Waals surface area contributed by atoms with Crippen molar-refractivity contribution in [3.63, 3.8) is 0 Å². The zero-order chi connectivity index (χ0) is 23.4. The van der Waals surface area contributed by atoms with Gasteiger partial charge in [-0.15, -0.1) is 15.3 Å². The van der Waals surface area contributed by atoms with Crippen LogP contribution < -0.4 is 18.9 Å². The van der Waals surface area contributed by atoms with E-state index < -0.39 is 10.0 Å². The number of benzene rings is 2. The number of ether oxygens (including phenoxy) is 3. The standard InChI is InChI=1S/C22H23N5O5S/c1-15-14-16(8-9-18(15)30-2)33(28,29)23-12-13-32-21-11-10-20-24-25-22(27(20)26-21)17-6-4-5-7-19(17)31-3/h4-11,14,23H,12-13H2,1-3H3. The number of methoxy groups -OCH3 is 2. The van der Waals surface area contributed by atoms with E-state index in [-0.39, 0.29) is 18.0 Å². The van der Waals surface area contributed by atoms with Crippen LogP contribution in [-0.2, 0) is 10.0 Å². The molecule has 0 fully saturated rings. The molecule has 33 heavy (non-hydrogen) atoms. The van der Waals surface area contributed by atoms with Crippen LogP contribution in [-0.4, -0.2) is 55.6 Å². The molecule has 2 aromatic carbocycles. The van der Waals surface area contributed by atoms with Crippen LogP contribution in [0.2, 0.25) is 0 Å². The average molecular weight is 470 g/mol. The summed E-state index contributed by atoms with van der Waals surface area (Å²) in [5.74, 6) is 2.07. The van der Waals surface area contributed by atoms with Crippen LogP contribution in [0.4, 0.5) is 0 Å². The first-order valence-electron chi connectivity index (χ1n) is 10.1. The summed E-state index contributed by atoms with van der Waals surface area (Å²) in [5, 5.41) is 12.8. The number of hydrogen-bond acceptors (Lipinski definition) is 8. The maximum Gasteiger partial charge on any atom is 0.240 e. The zero-order valence-electron chi connectivity index (χ0n) is 18.3. The van der Waals surface area contributed by atoms with Crippen molar-refractivity contribution >= 4 is 15.7 Å². The Balaban J connectivity index is 1.44. The lowest BCUT2D eigenvalue weighted by molar-refractivity contribution is 0.306. The minimum absolute atomic E-state index is 0.0642. The molecule has 172 valence electrons. The van der Waals surface area contributed by atoms with E-state index in [2.05, 4.69) is 20.0 Å². The van der Waals surface area contributed by atoms with Gasteiger partial charge in [-0.05, 0) is 48.9 Å². The molecule has 0 saturated carbocycles. The van der Waals surface area contributed by atoms with Crippen molar-refractivity contribution in [1.29, 1.82) is 0 Å². The number of aromatic nitrogens is 4. The van der Waals surface area contributed by atoms with Gasteiger partial charge in [0.05, 0.1) is 24.7 Å². The minimum atomic E-state index is -3.68. The van der Waals surface area contributed by atoms with E-state index in [1.165, 1.54) is 13.2 Å². The molecule has 2 aromatic heterocycles. The molecule has 4 rings (SSSR count). The van der Waals surface area contributed by atoms with E-state index >= 15 is 0 Å². The van der Waals surface area contributed by atoms with Gasteiger partial charge in [0.2, 0.25) is 15.9 Å². The molecule has 0 atom stereocenters. The SMILES string of the molecule is COc1ccc(S(=O)(=O)NCCOc2ccc3nnc(-c4ccccc4OC)n3n2)cc1C. The predicted octanol–water partition coefficient (Wildman–Crippen LogP) is 2.47. The van der Waals surface area contributed by atoms with Gasteiger partial charge in [-0.1, -0.05) is 12.1 Å². The molecule has 11 heteroatoms. The fraction of sp³-hybridized carbons (Fsp3) is 0.227.